The molecule has 0 aliphatic heterocycles. The van der Waals surface area contributed by atoms with Gasteiger partial charge >= 0.3 is 0 Å². The minimum Gasteiger partial charge on any atom is -0.507 e. The van der Waals surface area contributed by atoms with Crippen molar-refractivity contribution in [2.75, 3.05) is 13.7 Å². The lowest BCUT2D eigenvalue weighted by atomic mass is 10.2. The van der Waals surface area contributed by atoms with Gasteiger partial charge in [0.2, 0.25) is 5.88 Å². The number of benzene rings is 1. The van der Waals surface area contributed by atoms with E-state index >= 15 is 0 Å². The first-order chi connectivity index (χ1) is 12.3. The molecule has 0 radical (unpaired) electrons. The van der Waals surface area contributed by atoms with E-state index in [1.807, 2.05) is 0 Å². The van der Waals surface area contributed by atoms with Crippen LogP contribution in [0.15, 0.2) is 28.1 Å². The van der Waals surface area contributed by atoms with Gasteiger partial charge in [0.05, 0.1) is 24.9 Å². The maximum absolute atomic E-state index is 12.0. The number of aromatic hydroxyl groups is 2. The number of amides is 1. The van der Waals surface area contributed by atoms with Crippen LogP contribution in [0, 0.1) is 4.77 Å². The molecule has 0 saturated carbocycles. The fraction of sp³-hybridized carbons (Fsp3) is 0.200. The number of phenols is 1. The van der Waals surface area contributed by atoms with Gasteiger partial charge in [-0.3, -0.25) is 19.1 Å². The fourth-order valence-electron chi connectivity index (χ4n) is 1.99. The summed E-state index contributed by atoms with van der Waals surface area (Å²) in [7, 11) is 1.48. The summed E-state index contributed by atoms with van der Waals surface area (Å²) < 4.78 is 6.19. The molecule has 0 bridgehead atoms. The van der Waals surface area contributed by atoms with Crippen molar-refractivity contribution >= 4 is 35.9 Å². The Bertz CT molecular complexity index is 969. The Morgan fingerprint density at radius 1 is 1.50 bits per heavy atom. The van der Waals surface area contributed by atoms with Crippen LogP contribution >= 0.6 is 23.8 Å². The molecule has 1 amide bonds. The van der Waals surface area contributed by atoms with Gasteiger partial charge in [-0.2, -0.15) is 5.10 Å². The summed E-state index contributed by atoms with van der Waals surface area (Å²) in [5, 5.41) is 23.7. The van der Waals surface area contributed by atoms with Gasteiger partial charge in [-0.25, -0.2) is 5.43 Å². The van der Waals surface area contributed by atoms with E-state index in [9.17, 15) is 19.8 Å². The Hall–Kier alpha value is -2.69. The largest absolute Gasteiger partial charge is 0.507 e. The topological polar surface area (TPSA) is 129 Å². The number of halogens is 1. The lowest BCUT2D eigenvalue weighted by molar-refractivity contribution is 0.0952. The number of H-pyrrole nitrogens is 1. The van der Waals surface area contributed by atoms with E-state index in [0.29, 0.717) is 0 Å². The second-order valence-corrected chi connectivity index (χ2v) is 5.82. The van der Waals surface area contributed by atoms with Crippen molar-refractivity contribution in [1.82, 2.24) is 15.0 Å². The molecular formula is C15H15ClN4O5S. The third-order valence-electron chi connectivity index (χ3n) is 3.29. The summed E-state index contributed by atoms with van der Waals surface area (Å²) in [6.45, 7) is 0.469. The minimum atomic E-state index is -0.746. The Labute approximate surface area is 157 Å². The Morgan fingerprint density at radius 3 is 2.92 bits per heavy atom. The number of hydrogen-bond donors (Lipinski definition) is 4. The normalized spacial score (nSPS) is 11.0. The molecule has 0 spiro atoms. The summed E-state index contributed by atoms with van der Waals surface area (Å²) >= 11 is 10.8. The molecule has 0 unspecified atom stereocenters. The van der Waals surface area contributed by atoms with Gasteiger partial charge in [-0.05, 0) is 30.4 Å². The molecule has 2 rings (SSSR count). The number of aromatic nitrogens is 2. The zero-order valence-corrected chi connectivity index (χ0v) is 15.1. The molecule has 0 fully saturated rings. The minimum absolute atomic E-state index is 0.0228. The quantitative estimate of drug-likeness (QED) is 0.330. The van der Waals surface area contributed by atoms with Crippen molar-refractivity contribution < 1.29 is 19.7 Å². The van der Waals surface area contributed by atoms with Crippen LogP contribution in [0.2, 0.25) is 5.02 Å². The van der Waals surface area contributed by atoms with Crippen molar-refractivity contribution in [2.24, 2.45) is 5.10 Å². The SMILES string of the molecule is COCCn1c(O)c(C=NNC(=O)c2cc(Cl)ccc2O)c(=O)[nH]c1=S. The predicted molar refractivity (Wildman–Crippen MR) is 97.6 cm³/mol. The number of phenolic OH excluding ortho intramolecular Hbond substituents is 1. The molecule has 2 aromatic rings. The third-order valence-corrected chi connectivity index (χ3v) is 3.85. The van der Waals surface area contributed by atoms with Crippen LogP contribution < -0.4 is 11.0 Å². The Balaban J connectivity index is 2.25. The maximum Gasteiger partial charge on any atom is 0.275 e. The molecule has 0 aliphatic carbocycles. The van der Waals surface area contributed by atoms with Gasteiger partial charge < -0.3 is 14.9 Å². The van der Waals surface area contributed by atoms with E-state index in [-0.39, 0.29) is 39.8 Å². The van der Waals surface area contributed by atoms with Gasteiger partial charge in [-0.15, -0.1) is 0 Å². The molecule has 11 heteroatoms. The molecule has 9 nitrogen and oxygen atoms in total. The van der Waals surface area contributed by atoms with Crippen LogP contribution in [0.25, 0.3) is 0 Å². The van der Waals surface area contributed by atoms with Crippen LogP contribution in [0.4, 0.5) is 0 Å². The Kier molecular flexibility index (Phi) is 6.50. The van der Waals surface area contributed by atoms with Crippen LogP contribution in [-0.2, 0) is 11.3 Å². The van der Waals surface area contributed by atoms with E-state index in [1.165, 1.54) is 29.9 Å². The first-order valence-electron chi connectivity index (χ1n) is 7.22. The summed E-state index contributed by atoms with van der Waals surface area (Å²) in [5.74, 6) is -1.45. The standard InChI is InChI=1S/C15H15ClN4O5S/c1-25-5-4-20-14(24)10(12(22)18-15(20)26)7-17-19-13(23)9-6-8(16)2-3-11(9)21/h2-3,6-7,21,24H,4-5H2,1H3,(H,19,23)(H,18,22,26). The summed E-state index contributed by atoms with van der Waals surface area (Å²) in [6, 6.07) is 3.94. The number of carbonyl (C=O) groups is 1. The fourth-order valence-corrected chi connectivity index (χ4v) is 2.43. The summed E-state index contributed by atoms with van der Waals surface area (Å²) in [5.41, 5.74) is 1.16. The number of hydrazone groups is 1. The van der Waals surface area contributed by atoms with Crippen molar-refractivity contribution in [3.63, 3.8) is 0 Å². The molecule has 26 heavy (non-hydrogen) atoms. The van der Waals surface area contributed by atoms with Gasteiger partial charge in [0.15, 0.2) is 4.77 Å². The average molecular weight is 399 g/mol. The van der Waals surface area contributed by atoms with Gasteiger partial charge in [0, 0.05) is 12.1 Å². The molecular weight excluding hydrogens is 384 g/mol. The first kappa shape index (κ1) is 19.6. The van der Waals surface area contributed by atoms with Crippen molar-refractivity contribution in [3.8, 4) is 11.6 Å². The highest BCUT2D eigenvalue weighted by atomic mass is 35.5. The second-order valence-electron chi connectivity index (χ2n) is 5.00. The average Bonchev–Trinajstić information content (AvgIpc) is 2.59. The highest BCUT2D eigenvalue weighted by molar-refractivity contribution is 7.71. The predicted octanol–water partition coefficient (Wildman–Crippen LogP) is 1.38. The smallest absolute Gasteiger partial charge is 0.275 e. The van der Waals surface area contributed by atoms with E-state index in [2.05, 4.69) is 15.5 Å². The molecule has 1 heterocycles. The number of carbonyl (C=O) groups excluding carboxylic acids is 1. The maximum atomic E-state index is 12.0. The highest BCUT2D eigenvalue weighted by Crippen LogP contribution is 2.21. The molecule has 1 aromatic carbocycles. The number of rotatable bonds is 6. The number of ether oxygens (including phenoxy) is 1. The monoisotopic (exact) mass is 398 g/mol. The van der Waals surface area contributed by atoms with E-state index in [0.717, 1.165) is 6.21 Å². The van der Waals surface area contributed by atoms with Crippen LogP contribution in [-0.4, -0.2) is 45.6 Å². The number of nitrogens with one attached hydrogen (secondary N) is 2. The lowest BCUT2D eigenvalue weighted by Crippen LogP contribution is -2.22. The van der Waals surface area contributed by atoms with E-state index in [1.54, 1.807) is 0 Å². The molecule has 0 atom stereocenters. The first-order valence-corrected chi connectivity index (χ1v) is 8.00. The summed E-state index contributed by atoms with van der Waals surface area (Å²) in [4.78, 5) is 26.3. The Morgan fingerprint density at radius 2 is 2.23 bits per heavy atom. The van der Waals surface area contributed by atoms with Gasteiger partial charge in [0.25, 0.3) is 11.5 Å². The molecule has 0 aliphatic rings. The van der Waals surface area contributed by atoms with Gasteiger partial charge in [0.1, 0.15) is 11.3 Å². The third kappa shape index (κ3) is 4.48. The highest BCUT2D eigenvalue weighted by Gasteiger charge is 2.13. The van der Waals surface area contributed by atoms with Crippen molar-refractivity contribution in [1.29, 1.82) is 0 Å². The molecule has 1 aromatic heterocycles. The summed E-state index contributed by atoms with van der Waals surface area (Å²) in [6.07, 6.45) is 0.964. The van der Waals surface area contributed by atoms with Crippen LogP contribution in [0.3, 0.4) is 0 Å². The van der Waals surface area contributed by atoms with Gasteiger partial charge in [-0.1, -0.05) is 11.6 Å². The van der Waals surface area contributed by atoms with Crippen molar-refractivity contribution in [2.45, 2.75) is 6.54 Å². The van der Waals surface area contributed by atoms with E-state index < -0.39 is 17.3 Å². The van der Waals surface area contributed by atoms with Crippen LogP contribution in [0.1, 0.15) is 15.9 Å². The second kappa shape index (κ2) is 8.61. The molecule has 4 N–H and O–H groups in total. The number of methoxy groups -OCH3 is 1. The lowest BCUT2D eigenvalue weighted by Gasteiger charge is -2.10. The van der Waals surface area contributed by atoms with Crippen molar-refractivity contribution in [3.05, 3.63) is 49.5 Å². The molecule has 138 valence electrons. The number of aromatic amines is 1. The molecule has 0 saturated heterocycles. The zero-order chi connectivity index (χ0) is 19.3. The zero-order valence-electron chi connectivity index (χ0n) is 13.5. The number of nitrogens with zero attached hydrogens (tertiary/aromatic N) is 2. The van der Waals surface area contributed by atoms with E-state index in [4.69, 9.17) is 28.6 Å². The van der Waals surface area contributed by atoms with Crippen LogP contribution in [0.5, 0.6) is 11.6 Å². The number of hydrogen-bond acceptors (Lipinski definition) is 7.